The van der Waals surface area contributed by atoms with Crippen LogP contribution in [0, 0.1) is 0 Å². The van der Waals surface area contributed by atoms with Gasteiger partial charge in [-0.05, 0) is 41.5 Å². The summed E-state index contributed by atoms with van der Waals surface area (Å²) in [7, 11) is 0. The molecular formula is C27H22N4O4. The van der Waals surface area contributed by atoms with Crippen molar-refractivity contribution in [3.05, 3.63) is 102 Å². The van der Waals surface area contributed by atoms with Crippen LogP contribution < -0.4 is 16.2 Å². The monoisotopic (exact) mass is 466 g/mol. The molecule has 0 radical (unpaired) electrons. The van der Waals surface area contributed by atoms with E-state index in [2.05, 4.69) is 21.2 Å². The zero-order chi connectivity index (χ0) is 24.2. The van der Waals surface area contributed by atoms with Crippen LogP contribution in [0.2, 0.25) is 0 Å². The van der Waals surface area contributed by atoms with E-state index in [0.717, 1.165) is 27.4 Å². The number of nitrogens with one attached hydrogen (secondary N) is 4. The third-order valence-electron chi connectivity index (χ3n) is 5.59. The molecule has 0 aliphatic carbocycles. The largest absolute Gasteiger partial charge is 0.451 e. The molecule has 5 aromatic rings. The highest BCUT2D eigenvalue weighted by molar-refractivity contribution is 6.04. The topological polar surface area (TPSA) is 116 Å². The number of para-hydroxylation sites is 2. The van der Waals surface area contributed by atoms with E-state index in [4.69, 9.17) is 4.42 Å². The Balaban J connectivity index is 1.11. The van der Waals surface area contributed by atoms with Gasteiger partial charge >= 0.3 is 0 Å². The number of rotatable bonds is 6. The molecular weight excluding hydrogens is 444 g/mol. The number of carbonyl (C=O) groups excluding carboxylic acids is 3. The van der Waals surface area contributed by atoms with Gasteiger partial charge in [-0.3, -0.25) is 25.2 Å². The molecule has 5 rings (SSSR count). The summed E-state index contributed by atoms with van der Waals surface area (Å²) in [6, 6.07) is 23.7. The van der Waals surface area contributed by atoms with Crippen LogP contribution in [-0.2, 0) is 22.4 Å². The number of fused-ring (bicyclic) bond motifs is 2. The van der Waals surface area contributed by atoms with E-state index in [1.807, 2.05) is 42.5 Å². The molecule has 2 heterocycles. The van der Waals surface area contributed by atoms with E-state index in [1.165, 1.54) is 0 Å². The second kappa shape index (κ2) is 9.56. The van der Waals surface area contributed by atoms with E-state index >= 15 is 0 Å². The van der Waals surface area contributed by atoms with Gasteiger partial charge in [-0.25, -0.2) is 0 Å². The predicted octanol–water partition coefficient (Wildman–Crippen LogP) is 4.10. The molecule has 3 aromatic carbocycles. The first-order valence-corrected chi connectivity index (χ1v) is 11.1. The molecule has 0 aliphatic rings. The molecule has 0 aliphatic heterocycles. The molecule has 35 heavy (non-hydrogen) atoms. The van der Waals surface area contributed by atoms with E-state index < -0.39 is 0 Å². The van der Waals surface area contributed by atoms with Gasteiger partial charge in [-0.1, -0.05) is 48.5 Å². The van der Waals surface area contributed by atoms with Crippen molar-refractivity contribution in [1.29, 1.82) is 0 Å². The average Bonchev–Trinajstić information content (AvgIpc) is 3.49. The summed E-state index contributed by atoms with van der Waals surface area (Å²) in [4.78, 5) is 40.1. The minimum Gasteiger partial charge on any atom is -0.451 e. The molecule has 2 aromatic heterocycles. The van der Waals surface area contributed by atoms with Crippen LogP contribution >= 0.6 is 0 Å². The molecule has 0 atom stereocenters. The summed E-state index contributed by atoms with van der Waals surface area (Å²) in [6.07, 6.45) is 2.01. The summed E-state index contributed by atoms with van der Waals surface area (Å²) in [5, 5.41) is 4.61. The van der Waals surface area contributed by atoms with E-state index in [0.29, 0.717) is 11.3 Å². The molecule has 0 fully saturated rings. The van der Waals surface area contributed by atoms with Crippen LogP contribution in [0.4, 0.5) is 5.69 Å². The van der Waals surface area contributed by atoms with Crippen molar-refractivity contribution in [2.45, 2.75) is 12.8 Å². The van der Waals surface area contributed by atoms with E-state index in [9.17, 15) is 14.4 Å². The van der Waals surface area contributed by atoms with E-state index in [-0.39, 0.29) is 36.3 Å². The number of H-pyrrole nitrogens is 1. The molecule has 174 valence electrons. The maximum Gasteiger partial charge on any atom is 0.291 e. The van der Waals surface area contributed by atoms with Gasteiger partial charge in [0.15, 0.2) is 5.76 Å². The molecule has 8 heteroatoms. The maximum absolute atomic E-state index is 12.5. The van der Waals surface area contributed by atoms with Crippen molar-refractivity contribution in [2.24, 2.45) is 0 Å². The fourth-order valence-electron chi connectivity index (χ4n) is 3.86. The summed E-state index contributed by atoms with van der Waals surface area (Å²) in [5.74, 6) is -0.800. The third kappa shape index (κ3) is 5.06. The summed E-state index contributed by atoms with van der Waals surface area (Å²) >= 11 is 0. The first-order valence-electron chi connectivity index (χ1n) is 11.1. The van der Waals surface area contributed by atoms with Gasteiger partial charge < -0.3 is 14.7 Å². The van der Waals surface area contributed by atoms with Crippen LogP contribution in [0.1, 0.15) is 21.7 Å². The lowest BCUT2D eigenvalue weighted by Crippen LogP contribution is -2.43. The maximum atomic E-state index is 12.5. The summed E-state index contributed by atoms with van der Waals surface area (Å²) in [6.45, 7) is 0. The molecule has 0 saturated heterocycles. The first-order chi connectivity index (χ1) is 17.0. The van der Waals surface area contributed by atoms with Gasteiger partial charge in [0.05, 0.1) is 12.8 Å². The third-order valence-corrected chi connectivity index (χ3v) is 5.59. The number of furan rings is 1. The van der Waals surface area contributed by atoms with Gasteiger partial charge in [-0.2, -0.15) is 0 Å². The molecule has 0 spiro atoms. The standard InChI is InChI=1S/C27H22N4O4/c32-25(30-31-26(33)15-19-16-28-22-7-3-2-6-21(19)22)13-17-9-11-20(12-10-17)29-27(34)24-14-18-5-1-4-8-23(18)35-24/h1-12,14,16,28H,13,15H2,(H,29,34)(H,30,32)(H,31,33). The van der Waals surface area contributed by atoms with Gasteiger partial charge in [0, 0.05) is 28.2 Å². The zero-order valence-corrected chi connectivity index (χ0v) is 18.6. The quantitative estimate of drug-likeness (QED) is 0.282. The molecule has 4 N–H and O–H groups in total. The van der Waals surface area contributed by atoms with Crippen molar-refractivity contribution in [3.63, 3.8) is 0 Å². The molecule has 8 nitrogen and oxygen atoms in total. The van der Waals surface area contributed by atoms with Crippen molar-refractivity contribution >= 4 is 45.3 Å². The summed E-state index contributed by atoms with van der Waals surface area (Å²) < 4.78 is 5.58. The van der Waals surface area contributed by atoms with E-state index in [1.54, 1.807) is 42.6 Å². The Hall–Kier alpha value is -4.85. The Labute approximate surface area is 200 Å². The number of hydrogen-bond donors (Lipinski definition) is 4. The van der Waals surface area contributed by atoms with Crippen molar-refractivity contribution in [2.75, 3.05) is 5.32 Å². The Kier molecular flexibility index (Phi) is 6.00. The minimum absolute atomic E-state index is 0.0746. The lowest BCUT2D eigenvalue weighted by Gasteiger charge is -2.08. The normalized spacial score (nSPS) is 10.9. The first kappa shape index (κ1) is 22.0. The van der Waals surface area contributed by atoms with Crippen LogP contribution in [-0.4, -0.2) is 22.7 Å². The molecule has 3 amide bonds. The van der Waals surface area contributed by atoms with Gasteiger partial charge in [0.1, 0.15) is 5.58 Å². The fourth-order valence-corrected chi connectivity index (χ4v) is 3.86. The Morgan fingerprint density at radius 2 is 1.51 bits per heavy atom. The second-order valence-electron chi connectivity index (χ2n) is 8.11. The highest BCUT2D eigenvalue weighted by atomic mass is 16.3. The second-order valence-corrected chi connectivity index (χ2v) is 8.11. The number of anilines is 1. The number of hydrazine groups is 1. The fraction of sp³-hybridized carbons (Fsp3) is 0.0741. The smallest absolute Gasteiger partial charge is 0.291 e. The Morgan fingerprint density at radius 3 is 2.31 bits per heavy atom. The van der Waals surface area contributed by atoms with Crippen LogP contribution in [0.5, 0.6) is 0 Å². The number of benzene rings is 3. The number of aromatic amines is 1. The molecule has 0 bridgehead atoms. The summed E-state index contributed by atoms with van der Waals surface area (Å²) in [5.41, 5.74) is 8.66. The molecule has 0 saturated carbocycles. The molecule has 0 unspecified atom stereocenters. The lowest BCUT2D eigenvalue weighted by molar-refractivity contribution is -0.128. The SMILES string of the molecule is O=C(Cc1ccc(NC(=O)c2cc3ccccc3o2)cc1)NNC(=O)Cc1c[nH]c2ccccc12. The van der Waals surface area contributed by atoms with Crippen molar-refractivity contribution in [1.82, 2.24) is 15.8 Å². The Bertz CT molecular complexity index is 1500. The Morgan fingerprint density at radius 1 is 0.800 bits per heavy atom. The zero-order valence-electron chi connectivity index (χ0n) is 18.6. The number of amides is 3. The van der Waals surface area contributed by atoms with Crippen molar-refractivity contribution < 1.29 is 18.8 Å². The van der Waals surface area contributed by atoms with Gasteiger partial charge in [-0.15, -0.1) is 0 Å². The van der Waals surface area contributed by atoms with Crippen molar-refractivity contribution in [3.8, 4) is 0 Å². The highest BCUT2D eigenvalue weighted by Gasteiger charge is 2.13. The van der Waals surface area contributed by atoms with Crippen LogP contribution in [0.25, 0.3) is 21.9 Å². The lowest BCUT2D eigenvalue weighted by atomic mass is 10.1. The average molecular weight is 466 g/mol. The van der Waals surface area contributed by atoms with Gasteiger partial charge in [0.2, 0.25) is 11.8 Å². The van der Waals surface area contributed by atoms with Gasteiger partial charge in [0.25, 0.3) is 5.91 Å². The number of carbonyl (C=O) groups is 3. The van der Waals surface area contributed by atoms with Crippen LogP contribution in [0.3, 0.4) is 0 Å². The van der Waals surface area contributed by atoms with Crippen LogP contribution in [0.15, 0.2) is 89.5 Å². The number of hydrogen-bond acceptors (Lipinski definition) is 4. The highest BCUT2D eigenvalue weighted by Crippen LogP contribution is 2.20. The number of aromatic nitrogens is 1. The predicted molar refractivity (Wildman–Crippen MR) is 133 cm³/mol. The minimum atomic E-state index is -0.357.